The Bertz CT molecular complexity index is 7120. The average molecular weight is 1460 g/mol. The van der Waals surface area contributed by atoms with E-state index in [1.807, 2.05) is 24.3 Å². The highest BCUT2D eigenvalue weighted by Crippen LogP contribution is 2.54. The zero-order valence-electron chi connectivity index (χ0n) is 62.7. The number of rotatable bonds is 13. The molecule has 0 bridgehead atoms. The van der Waals surface area contributed by atoms with Gasteiger partial charge in [-0.05, 0) is 155 Å². The van der Waals surface area contributed by atoms with Crippen molar-refractivity contribution in [3.63, 3.8) is 0 Å². The van der Waals surface area contributed by atoms with Gasteiger partial charge in [0.05, 0.1) is 17.1 Å². The minimum absolute atomic E-state index is 0.889. The third-order valence-corrected chi connectivity index (χ3v) is 22.5. The Balaban J connectivity index is 0.000000154. The number of para-hydroxylation sites is 7. The molecule has 19 aromatic carbocycles. The van der Waals surface area contributed by atoms with Crippen LogP contribution in [0, 0.1) is 13.8 Å². The third-order valence-electron chi connectivity index (χ3n) is 22.5. The lowest BCUT2D eigenvalue weighted by Crippen LogP contribution is -2.15. The van der Waals surface area contributed by atoms with E-state index in [0.717, 1.165) is 172 Å². The van der Waals surface area contributed by atoms with Crippen molar-refractivity contribution in [3.05, 3.63) is 418 Å². The molecule has 114 heavy (non-hydrogen) atoms. The number of fused-ring (bicyclic) bond motifs is 13. The summed E-state index contributed by atoms with van der Waals surface area (Å²) in [5.41, 5.74) is 26.5. The van der Waals surface area contributed by atoms with Crippen LogP contribution in [0.2, 0.25) is 0 Å². The molecule has 3 aromatic heterocycles. The molecule has 0 amide bonds. The maximum atomic E-state index is 6.60. The van der Waals surface area contributed by atoms with E-state index in [-0.39, 0.29) is 0 Å². The standard InChI is InChI=1S/C64H44N2O2.C44H29NO/c1-41-17-11-21-45(37-41)65(47-23-13-19-43(39-47)49-31-15-33-57-51-25-7-9-35-59(51)67-63(49)57)61-53-27-3-5-29-55(53)62(56-30-6-4-28-54(56)61)66(46-22-12-18-42(2)38-46)48-24-14-20-44(40-48)50-32-16-34-58-52-26-8-10-36-60(52)68-64(50)58;1-3-15-30(16-4-1)42-36-22-7-9-24-38(36)43(39-25-10-8-23-37(39)42)45(32-18-5-2-6-19-32)33-20-13-17-31(29-33)34-26-14-27-40-35-21-11-12-28-41(35)46-44(34)40/h3-40H,1-2H3;1-29H. The van der Waals surface area contributed by atoms with Crippen LogP contribution >= 0.6 is 0 Å². The van der Waals surface area contributed by atoms with E-state index in [0.29, 0.717) is 0 Å². The van der Waals surface area contributed by atoms with Crippen LogP contribution in [0.4, 0.5) is 51.2 Å². The van der Waals surface area contributed by atoms with Gasteiger partial charge in [-0.2, -0.15) is 0 Å². The van der Waals surface area contributed by atoms with E-state index >= 15 is 0 Å². The Hall–Kier alpha value is -15.0. The molecule has 0 aliphatic rings. The summed E-state index contributed by atoms with van der Waals surface area (Å²) in [5.74, 6) is 0. The molecule has 0 N–H and O–H groups in total. The molecule has 538 valence electrons. The van der Waals surface area contributed by atoms with Gasteiger partial charge in [0.1, 0.15) is 33.5 Å². The molecule has 0 aliphatic heterocycles. The zero-order chi connectivity index (χ0) is 75.7. The lowest BCUT2D eigenvalue weighted by molar-refractivity contribution is 0.669. The Labute approximate surface area is 659 Å². The highest BCUT2D eigenvalue weighted by atomic mass is 16.3. The molecule has 22 rings (SSSR count). The highest BCUT2D eigenvalue weighted by molar-refractivity contribution is 6.25. The molecular weight excluding hydrogens is 1390 g/mol. The maximum absolute atomic E-state index is 6.60. The molecule has 0 radical (unpaired) electrons. The Morgan fingerprint density at radius 2 is 0.412 bits per heavy atom. The summed E-state index contributed by atoms with van der Waals surface area (Å²) in [4.78, 5) is 7.33. The first-order valence-electron chi connectivity index (χ1n) is 38.9. The quantitative estimate of drug-likeness (QED) is 0.0847. The Morgan fingerprint density at radius 3 is 0.754 bits per heavy atom. The molecule has 0 atom stereocenters. The average Bonchev–Trinajstić information content (AvgIpc) is 0.976. The molecule has 6 nitrogen and oxygen atoms in total. The summed E-state index contributed by atoms with van der Waals surface area (Å²) in [6.45, 7) is 4.34. The topological polar surface area (TPSA) is 49.1 Å². The van der Waals surface area contributed by atoms with E-state index in [2.05, 4.69) is 411 Å². The molecule has 0 saturated carbocycles. The van der Waals surface area contributed by atoms with Gasteiger partial charge in [0.25, 0.3) is 0 Å². The van der Waals surface area contributed by atoms with Crippen LogP contribution in [0.3, 0.4) is 0 Å². The predicted octanol–water partition coefficient (Wildman–Crippen LogP) is 31.4. The van der Waals surface area contributed by atoms with E-state index in [1.54, 1.807) is 0 Å². The molecule has 0 spiro atoms. The number of hydrogen-bond donors (Lipinski definition) is 0. The SMILES string of the molecule is Cc1cccc(N(c2cccc(-c3cccc4c3oc3ccccc34)c2)c2c3ccccc3c(N(c3cccc(C)c3)c3cccc(-c4cccc5c4oc4ccccc45)c3)c3ccccc23)c1.c1ccc(-c2c3ccccc3c(N(c3ccccc3)c3cccc(-c4cccc5c4oc4ccccc45)c3)c3ccccc23)cc1. The summed E-state index contributed by atoms with van der Waals surface area (Å²) in [6, 6.07) is 146. The van der Waals surface area contributed by atoms with Gasteiger partial charge in [-0.15, -0.1) is 0 Å². The second-order valence-corrected chi connectivity index (χ2v) is 29.5. The molecule has 3 heterocycles. The van der Waals surface area contributed by atoms with Crippen LogP contribution in [-0.4, -0.2) is 0 Å². The van der Waals surface area contributed by atoms with Crippen molar-refractivity contribution in [2.45, 2.75) is 13.8 Å². The number of benzene rings is 19. The highest BCUT2D eigenvalue weighted by Gasteiger charge is 2.29. The fourth-order valence-corrected chi connectivity index (χ4v) is 17.5. The van der Waals surface area contributed by atoms with Gasteiger partial charge in [-0.3, -0.25) is 0 Å². The summed E-state index contributed by atoms with van der Waals surface area (Å²) >= 11 is 0. The number of nitrogens with zero attached hydrogens (tertiary/aromatic N) is 3. The first-order chi connectivity index (χ1) is 56.4. The second-order valence-electron chi connectivity index (χ2n) is 29.5. The van der Waals surface area contributed by atoms with Gasteiger partial charge >= 0.3 is 0 Å². The third kappa shape index (κ3) is 11.6. The molecular formula is C108H73N3O3. The number of anilines is 9. The van der Waals surface area contributed by atoms with Crippen LogP contribution in [0.5, 0.6) is 0 Å². The fraction of sp³-hybridized carbons (Fsp3) is 0.0185. The monoisotopic (exact) mass is 1460 g/mol. The second kappa shape index (κ2) is 28.2. The number of furan rings is 3. The molecule has 6 heteroatoms. The minimum Gasteiger partial charge on any atom is -0.455 e. The summed E-state index contributed by atoms with van der Waals surface area (Å²) in [5, 5.41) is 16.1. The van der Waals surface area contributed by atoms with Crippen LogP contribution in [-0.2, 0) is 0 Å². The molecule has 22 aromatic rings. The van der Waals surface area contributed by atoms with Gasteiger partial charge < -0.3 is 28.0 Å². The molecule has 0 saturated heterocycles. The molecule has 0 fully saturated rings. The van der Waals surface area contributed by atoms with Crippen LogP contribution < -0.4 is 14.7 Å². The van der Waals surface area contributed by atoms with Gasteiger partial charge in [0, 0.05) is 115 Å². The fourth-order valence-electron chi connectivity index (χ4n) is 17.5. The number of aryl methyl sites for hydroxylation is 2. The lowest BCUT2D eigenvalue weighted by atomic mass is 9.90. The van der Waals surface area contributed by atoms with E-state index in [4.69, 9.17) is 13.3 Å². The van der Waals surface area contributed by atoms with Crippen molar-refractivity contribution in [1.29, 1.82) is 0 Å². The van der Waals surface area contributed by atoms with Crippen LogP contribution in [0.25, 0.3) is 153 Å². The van der Waals surface area contributed by atoms with Crippen molar-refractivity contribution < 1.29 is 13.3 Å². The zero-order valence-corrected chi connectivity index (χ0v) is 62.7. The number of hydrogen-bond acceptors (Lipinski definition) is 6. The first-order valence-corrected chi connectivity index (χ1v) is 38.9. The van der Waals surface area contributed by atoms with Crippen molar-refractivity contribution in [2.24, 2.45) is 0 Å². The van der Waals surface area contributed by atoms with Crippen molar-refractivity contribution in [2.75, 3.05) is 14.7 Å². The Kier molecular flexibility index (Phi) is 16.6. The predicted molar refractivity (Wildman–Crippen MR) is 480 cm³/mol. The normalized spacial score (nSPS) is 11.6. The smallest absolute Gasteiger partial charge is 0.143 e. The van der Waals surface area contributed by atoms with Crippen molar-refractivity contribution >= 4 is 160 Å². The van der Waals surface area contributed by atoms with E-state index < -0.39 is 0 Å². The Morgan fingerprint density at radius 1 is 0.175 bits per heavy atom. The van der Waals surface area contributed by atoms with Crippen LogP contribution in [0.15, 0.2) is 420 Å². The summed E-state index contributed by atoms with van der Waals surface area (Å²) in [6.07, 6.45) is 0. The van der Waals surface area contributed by atoms with Gasteiger partial charge in [0.2, 0.25) is 0 Å². The largest absolute Gasteiger partial charge is 0.455 e. The maximum Gasteiger partial charge on any atom is 0.143 e. The van der Waals surface area contributed by atoms with E-state index in [1.165, 1.54) is 43.8 Å². The summed E-state index contributed by atoms with van der Waals surface area (Å²) in [7, 11) is 0. The van der Waals surface area contributed by atoms with Gasteiger partial charge in [0.15, 0.2) is 0 Å². The lowest BCUT2D eigenvalue weighted by Gasteiger charge is -2.33. The van der Waals surface area contributed by atoms with Gasteiger partial charge in [-0.1, -0.05) is 315 Å². The molecule has 0 aliphatic carbocycles. The minimum atomic E-state index is 0.889. The summed E-state index contributed by atoms with van der Waals surface area (Å²) < 4.78 is 19.7. The van der Waals surface area contributed by atoms with Crippen molar-refractivity contribution in [3.8, 4) is 44.5 Å². The van der Waals surface area contributed by atoms with E-state index in [9.17, 15) is 0 Å². The molecule has 0 unspecified atom stereocenters. The first kappa shape index (κ1) is 67.2. The van der Waals surface area contributed by atoms with Gasteiger partial charge in [-0.25, -0.2) is 0 Å². The van der Waals surface area contributed by atoms with Crippen LogP contribution in [0.1, 0.15) is 11.1 Å². The van der Waals surface area contributed by atoms with Crippen molar-refractivity contribution in [1.82, 2.24) is 0 Å².